The molecule has 0 atom stereocenters. The van der Waals surface area contributed by atoms with Gasteiger partial charge in [-0.3, -0.25) is 0 Å². The summed E-state index contributed by atoms with van der Waals surface area (Å²) in [6, 6.07) is 6.11. The molecule has 1 aromatic carbocycles. The first-order valence-electron chi connectivity index (χ1n) is 9.70. The number of hydrogen-bond acceptors (Lipinski definition) is 4. The standard InChI is InChI=1S/C21H27NO3/c1-2-3-7-15-13-20(22-23)24-19-14-18-16(12-17(15)19)8-11-21(25-18)9-5-4-6-10-21/h12-14,23H,2-11H2,1H3. The van der Waals surface area contributed by atoms with Crippen molar-refractivity contribution in [3.05, 3.63) is 34.9 Å². The van der Waals surface area contributed by atoms with Crippen molar-refractivity contribution in [1.82, 2.24) is 0 Å². The molecule has 134 valence electrons. The zero-order valence-corrected chi connectivity index (χ0v) is 15.0. The van der Waals surface area contributed by atoms with Gasteiger partial charge in [0.1, 0.15) is 16.9 Å². The number of fused-ring (bicyclic) bond motifs is 2. The van der Waals surface area contributed by atoms with E-state index in [0.717, 1.165) is 61.7 Å². The third-order valence-corrected chi connectivity index (χ3v) is 5.86. The normalized spacial score (nSPS) is 19.8. The van der Waals surface area contributed by atoms with E-state index in [1.165, 1.54) is 30.4 Å². The summed E-state index contributed by atoms with van der Waals surface area (Å²) in [5.74, 6) is 0.959. The second-order valence-electron chi connectivity index (χ2n) is 7.62. The summed E-state index contributed by atoms with van der Waals surface area (Å²) in [5.41, 5.74) is 3.53. The van der Waals surface area contributed by atoms with E-state index in [-0.39, 0.29) is 11.2 Å². The maximum absolute atomic E-state index is 9.18. The lowest BCUT2D eigenvalue weighted by atomic mass is 9.79. The highest BCUT2D eigenvalue weighted by Crippen LogP contribution is 2.43. The topological polar surface area (TPSA) is 55.0 Å². The fourth-order valence-electron chi connectivity index (χ4n) is 4.42. The minimum absolute atomic E-state index is 0.0307. The SMILES string of the molecule is CCCCc1cc(=NO)oc2cc3c(cc12)CCC1(CCCCC1)O3. The molecule has 1 saturated carbocycles. The predicted molar refractivity (Wildman–Crippen MR) is 96.9 cm³/mol. The quantitative estimate of drug-likeness (QED) is 0.624. The molecule has 1 spiro atoms. The van der Waals surface area contributed by atoms with Crippen LogP contribution >= 0.6 is 0 Å². The Morgan fingerprint density at radius 3 is 2.72 bits per heavy atom. The Morgan fingerprint density at radius 1 is 1.12 bits per heavy atom. The van der Waals surface area contributed by atoms with Crippen LogP contribution in [0.1, 0.15) is 69.4 Å². The molecular weight excluding hydrogens is 314 g/mol. The molecule has 0 saturated heterocycles. The average molecular weight is 341 g/mol. The molecule has 0 unspecified atom stereocenters. The molecule has 25 heavy (non-hydrogen) atoms. The smallest absolute Gasteiger partial charge is 0.255 e. The van der Waals surface area contributed by atoms with Crippen molar-refractivity contribution in [2.75, 3.05) is 0 Å². The van der Waals surface area contributed by atoms with E-state index in [0.29, 0.717) is 0 Å². The van der Waals surface area contributed by atoms with Crippen LogP contribution in [0.25, 0.3) is 11.0 Å². The summed E-state index contributed by atoms with van der Waals surface area (Å²) in [4.78, 5) is 0. The number of unbranched alkanes of at least 4 members (excludes halogenated alkanes) is 1. The Bertz CT molecular complexity index is 831. The minimum atomic E-state index is 0.0307. The van der Waals surface area contributed by atoms with Gasteiger partial charge in [0.05, 0.1) is 0 Å². The van der Waals surface area contributed by atoms with Crippen molar-refractivity contribution in [1.29, 1.82) is 0 Å². The van der Waals surface area contributed by atoms with Gasteiger partial charge in [0.2, 0.25) is 0 Å². The van der Waals surface area contributed by atoms with Gasteiger partial charge in [-0.15, -0.1) is 0 Å². The monoisotopic (exact) mass is 341 g/mol. The fraction of sp³-hybridized carbons (Fsp3) is 0.571. The summed E-state index contributed by atoms with van der Waals surface area (Å²) in [6.07, 6.45) is 11.6. The number of aryl methyl sites for hydroxylation is 2. The van der Waals surface area contributed by atoms with Crippen LogP contribution in [0.2, 0.25) is 0 Å². The number of rotatable bonds is 3. The van der Waals surface area contributed by atoms with Gasteiger partial charge in [-0.1, -0.05) is 19.8 Å². The Balaban J connectivity index is 1.77. The lowest BCUT2D eigenvalue weighted by Crippen LogP contribution is -2.41. The summed E-state index contributed by atoms with van der Waals surface area (Å²) in [7, 11) is 0. The fourth-order valence-corrected chi connectivity index (χ4v) is 4.42. The summed E-state index contributed by atoms with van der Waals surface area (Å²) in [6.45, 7) is 2.19. The van der Waals surface area contributed by atoms with E-state index < -0.39 is 0 Å². The predicted octanol–water partition coefficient (Wildman–Crippen LogP) is 5.09. The van der Waals surface area contributed by atoms with Crippen molar-refractivity contribution < 1.29 is 14.4 Å². The van der Waals surface area contributed by atoms with Gasteiger partial charge in [-0.05, 0) is 73.7 Å². The average Bonchev–Trinajstić information content (AvgIpc) is 2.65. The lowest BCUT2D eigenvalue weighted by molar-refractivity contribution is 0.0109. The molecule has 4 nitrogen and oxygen atoms in total. The molecular formula is C21H27NO3. The zero-order chi connectivity index (χ0) is 17.3. The summed E-state index contributed by atoms with van der Waals surface area (Å²) >= 11 is 0. The van der Waals surface area contributed by atoms with Crippen LogP contribution in [0.3, 0.4) is 0 Å². The van der Waals surface area contributed by atoms with Crippen molar-refractivity contribution in [3.8, 4) is 5.75 Å². The maximum atomic E-state index is 9.18. The van der Waals surface area contributed by atoms with Crippen molar-refractivity contribution in [2.24, 2.45) is 5.16 Å². The molecule has 1 aliphatic carbocycles. The number of hydrogen-bond donors (Lipinski definition) is 1. The van der Waals surface area contributed by atoms with E-state index in [1.807, 2.05) is 12.1 Å². The molecule has 1 fully saturated rings. The molecule has 0 radical (unpaired) electrons. The Kier molecular flexibility index (Phi) is 4.45. The maximum Gasteiger partial charge on any atom is 0.255 e. The van der Waals surface area contributed by atoms with Gasteiger partial charge < -0.3 is 14.4 Å². The molecule has 2 aliphatic rings. The van der Waals surface area contributed by atoms with Crippen LogP contribution < -0.4 is 10.3 Å². The van der Waals surface area contributed by atoms with Gasteiger partial charge in [0.25, 0.3) is 5.55 Å². The third-order valence-electron chi connectivity index (χ3n) is 5.86. The largest absolute Gasteiger partial charge is 0.487 e. The van der Waals surface area contributed by atoms with Gasteiger partial charge in [-0.25, -0.2) is 0 Å². The first-order chi connectivity index (χ1) is 12.2. The van der Waals surface area contributed by atoms with Gasteiger partial charge >= 0.3 is 0 Å². The van der Waals surface area contributed by atoms with E-state index in [1.54, 1.807) is 0 Å². The number of ether oxygens (including phenoxy) is 1. The number of nitrogens with zero attached hydrogens (tertiary/aromatic N) is 1. The van der Waals surface area contributed by atoms with Crippen LogP contribution in [0.5, 0.6) is 5.75 Å². The molecule has 2 heterocycles. The van der Waals surface area contributed by atoms with Crippen molar-refractivity contribution in [2.45, 2.75) is 76.7 Å². The minimum Gasteiger partial charge on any atom is -0.487 e. The lowest BCUT2D eigenvalue weighted by Gasteiger charge is -2.41. The van der Waals surface area contributed by atoms with Gasteiger partial charge in [0, 0.05) is 17.5 Å². The Morgan fingerprint density at radius 2 is 1.96 bits per heavy atom. The molecule has 4 heteroatoms. The Hall–Kier alpha value is -1.97. The van der Waals surface area contributed by atoms with E-state index in [2.05, 4.69) is 18.1 Å². The highest BCUT2D eigenvalue weighted by atomic mass is 16.5. The van der Waals surface area contributed by atoms with E-state index in [9.17, 15) is 5.21 Å². The summed E-state index contributed by atoms with van der Waals surface area (Å²) < 4.78 is 12.3. The molecule has 0 amide bonds. The molecule has 1 aliphatic heterocycles. The van der Waals surface area contributed by atoms with E-state index >= 15 is 0 Å². The first-order valence-corrected chi connectivity index (χ1v) is 9.70. The van der Waals surface area contributed by atoms with Crippen LogP contribution in [0, 0.1) is 0 Å². The second kappa shape index (κ2) is 6.74. The van der Waals surface area contributed by atoms with Crippen molar-refractivity contribution in [3.63, 3.8) is 0 Å². The first kappa shape index (κ1) is 16.5. The van der Waals surface area contributed by atoms with Crippen LogP contribution in [-0.2, 0) is 12.8 Å². The van der Waals surface area contributed by atoms with Crippen LogP contribution in [0.4, 0.5) is 0 Å². The second-order valence-corrected chi connectivity index (χ2v) is 7.62. The molecule has 0 bridgehead atoms. The molecule has 1 N–H and O–H groups in total. The Labute approximate surface area is 148 Å². The van der Waals surface area contributed by atoms with Gasteiger partial charge in [0.15, 0.2) is 0 Å². The molecule has 1 aromatic heterocycles. The zero-order valence-electron chi connectivity index (χ0n) is 15.0. The van der Waals surface area contributed by atoms with Crippen LogP contribution in [-0.4, -0.2) is 10.8 Å². The summed E-state index contributed by atoms with van der Waals surface area (Å²) in [5, 5.41) is 13.6. The number of benzene rings is 1. The van der Waals surface area contributed by atoms with Crippen molar-refractivity contribution >= 4 is 11.0 Å². The third kappa shape index (κ3) is 3.14. The highest BCUT2D eigenvalue weighted by Gasteiger charge is 2.37. The molecule has 2 aromatic rings. The van der Waals surface area contributed by atoms with Crippen LogP contribution in [0.15, 0.2) is 27.8 Å². The van der Waals surface area contributed by atoms with E-state index in [4.69, 9.17) is 9.15 Å². The molecule has 4 rings (SSSR count). The highest BCUT2D eigenvalue weighted by molar-refractivity contribution is 5.83. The van der Waals surface area contributed by atoms with Gasteiger partial charge in [-0.2, -0.15) is 0 Å².